The molecule has 0 aliphatic heterocycles. The number of urea groups is 1. The first-order valence-electron chi connectivity index (χ1n) is 10.1. The normalized spacial score (nSPS) is 10.6. The molecule has 0 aliphatic carbocycles. The smallest absolute Gasteiger partial charge is 0.338 e. The molecule has 0 spiro atoms. The van der Waals surface area contributed by atoms with E-state index in [4.69, 9.17) is 4.84 Å². The Labute approximate surface area is 179 Å². The van der Waals surface area contributed by atoms with E-state index in [1.165, 1.54) is 0 Å². The lowest BCUT2D eigenvalue weighted by Gasteiger charge is -2.14. The number of carbonyl (C=O) groups excluding carboxylic acids is 1. The van der Waals surface area contributed by atoms with Crippen LogP contribution in [-0.4, -0.2) is 24.1 Å². The van der Waals surface area contributed by atoms with E-state index in [0.717, 1.165) is 24.8 Å². The standard InChI is InChI=1S/C22H25N5O4/c28-20-18(19(21(20)29)26-17-9-13-23-14-10-17)24-11-5-2-6-12-25-22(30)27-31-15-16-7-3-1-4-8-16/h1,3-4,7-10,13-14,24H,2,5-6,11-12,15H2,(H,23,26)(H2,25,27,30). The van der Waals surface area contributed by atoms with Crippen molar-refractivity contribution in [3.8, 4) is 0 Å². The van der Waals surface area contributed by atoms with Crippen molar-refractivity contribution >= 4 is 23.1 Å². The highest BCUT2D eigenvalue weighted by Gasteiger charge is 2.20. The number of pyridine rings is 1. The predicted octanol–water partition coefficient (Wildman–Crippen LogP) is 2.43. The minimum Gasteiger partial charge on any atom is -0.380 e. The van der Waals surface area contributed by atoms with E-state index >= 15 is 0 Å². The van der Waals surface area contributed by atoms with E-state index in [1.54, 1.807) is 24.5 Å². The number of hydrogen-bond acceptors (Lipinski definition) is 7. The second-order valence-electron chi connectivity index (χ2n) is 6.89. The molecular formula is C22H25N5O4. The van der Waals surface area contributed by atoms with Crippen molar-refractivity contribution in [3.05, 3.63) is 80.9 Å². The average molecular weight is 423 g/mol. The Kier molecular flexibility index (Phi) is 8.13. The summed E-state index contributed by atoms with van der Waals surface area (Å²) in [5, 5.41) is 8.69. The Bertz CT molecular complexity index is 1030. The monoisotopic (exact) mass is 423 g/mol. The van der Waals surface area contributed by atoms with Gasteiger partial charge in [0, 0.05) is 31.2 Å². The van der Waals surface area contributed by atoms with E-state index in [0.29, 0.717) is 31.1 Å². The average Bonchev–Trinajstić information content (AvgIpc) is 2.81. The number of aromatic nitrogens is 1. The molecule has 4 N–H and O–H groups in total. The summed E-state index contributed by atoms with van der Waals surface area (Å²) in [5.41, 5.74) is 3.58. The van der Waals surface area contributed by atoms with Gasteiger partial charge in [-0.3, -0.25) is 19.4 Å². The Morgan fingerprint density at radius 2 is 1.58 bits per heavy atom. The molecule has 0 saturated heterocycles. The molecule has 2 amide bonds. The molecule has 9 nitrogen and oxygen atoms in total. The zero-order chi connectivity index (χ0) is 21.9. The van der Waals surface area contributed by atoms with Gasteiger partial charge in [-0.1, -0.05) is 30.3 Å². The van der Waals surface area contributed by atoms with E-state index in [9.17, 15) is 14.4 Å². The molecule has 0 bridgehead atoms. The first-order valence-corrected chi connectivity index (χ1v) is 10.1. The summed E-state index contributed by atoms with van der Waals surface area (Å²) in [4.78, 5) is 44.3. The van der Waals surface area contributed by atoms with Crippen LogP contribution in [0, 0.1) is 0 Å². The maximum absolute atomic E-state index is 11.8. The van der Waals surface area contributed by atoms with Crippen molar-refractivity contribution in [2.24, 2.45) is 0 Å². The topological polar surface area (TPSA) is 121 Å². The number of carbonyl (C=O) groups is 1. The number of amides is 2. The van der Waals surface area contributed by atoms with Crippen molar-refractivity contribution in [2.45, 2.75) is 25.9 Å². The number of hydroxylamine groups is 1. The van der Waals surface area contributed by atoms with Gasteiger partial charge in [-0.05, 0) is 37.0 Å². The zero-order valence-electron chi connectivity index (χ0n) is 17.0. The second-order valence-corrected chi connectivity index (χ2v) is 6.89. The van der Waals surface area contributed by atoms with Gasteiger partial charge in [-0.2, -0.15) is 0 Å². The summed E-state index contributed by atoms with van der Waals surface area (Å²) in [6.45, 7) is 1.37. The van der Waals surface area contributed by atoms with Crippen molar-refractivity contribution in [3.63, 3.8) is 0 Å². The second kappa shape index (κ2) is 11.5. The number of unbranched alkanes of at least 4 members (excludes halogenated alkanes) is 2. The molecule has 0 unspecified atom stereocenters. The molecule has 1 aromatic heterocycles. The third-order valence-electron chi connectivity index (χ3n) is 4.55. The minimum atomic E-state index is -0.524. The third kappa shape index (κ3) is 6.65. The minimum absolute atomic E-state index is 0.282. The molecule has 0 aliphatic rings. The van der Waals surface area contributed by atoms with Crippen LogP contribution in [0.15, 0.2) is 64.4 Å². The number of anilines is 3. The highest BCUT2D eigenvalue weighted by Crippen LogP contribution is 2.19. The number of rotatable bonds is 12. The Morgan fingerprint density at radius 1 is 0.871 bits per heavy atom. The molecule has 0 saturated carbocycles. The number of nitrogens with zero attached hydrogens (tertiary/aromatic N) is 1. The highest BCUT2D eigenvalue weighted by molar-refractivity contribution is 5.78. The van der Waals surface area contributed by atoms with Gasteiger partial charge < -0.3 is 16.0 Å². The molecule has 2 aromatic carbocycles. The summed E-state index contributed by atoms with van der Waals surface area (Å²) < 4.78 is 0. The van der Waals surface area contributed by atoms with E-state index in [1.807, 2.05) is 30.3 Å². The SMILES string of the molecule is O=C(NCCCCCNc1c(Nc2ccncc2)c(=O)c1=O)NOCc1ccccc1. The largest absolute Gasteiger partial charge is 0.380 e. The van der Waals surface area contributed by atoms with Crippen LogP contribution >= 0.6 is 0 Å². The summed E-state index contributed by atoms with van der Waals surface area (Å²) in [6, 6.07) is 12.6. The van der Waals surface area contributed by atoms with Gasteiger partial charge in [0.2, 0.25) is 0 Å². The van der Waals surface area contributed by atoms with Gasteiger partial charge in [0.15, 0.2) is 0 Å². The predicted molar refractivity (Wildman–Crippen MR) is 119 cm³/mol. The summed E-state index contributed by atoms with van der Waals surface area (Å²) in [5.74, 6) is 0. The molecule has 3 rings (SSSR count). The van der Waals surface area contributed by atoms with Crippen LogP contribution in [0.4, 0.5) is 21.9 Å². The summed E-state index contributed by atoms with van der Waals surface area (Å²) in [7, 11) is 0. The number of benzene rings is 1. The van der Waals surface area contributed by atoms with Gasteiger partial charge in [-0.25, -0.2) is 10.3 Å². The van der Waals surface area contributed by atoms with Crippen molar-refractivity contribution in [1.29, 1.82) is 0 Å². The van der Waals surface area contributed by atoms with E-state index in [2.05, 4.69) is 26.4 Å². The number of hydrogen-bond donors (Lipinski definition) is 4. The van der Waals surface area contributed by atoms with Crippen LogP contribution in [0.3, 0.4) is 0 Å². The fraction of sp³-hybridized carbons (Fsp3) is 0.273. The lowest BCUT2D eigenvalue weighted by atomic mass is 10.1. The quantitative estimate of drug-likeness (QED) is 0.201. The first-order chi connectivity index (χ1) is 15.1. The lowest BCUT2D eigenvalue weighted by Crippen LogP contribution is -2.37. The molecule has 162 valence electrons. The summed E-state index contributed by atoms with van der Waals surface area (Å²) in [6.07, 6.45) is 5.62. The van der Waals surface area contributed by atoms with Gasteiger partial charge in [0.1, 0.15) is 11.4 Å². The van der Waals surface area contributed by atoms with Crippen LogP contribution in [-0.2, 0) is 11.4 Å². The molecule has 1 heterocycles. The molecular weight excluding hydrogens is 398 g/mol. The molecule has 0 radical (unpaired) electrons. The maximum atomic E-state index is 11.8. The molecule has 9 heteroatoms. The van der Waals surface area contributed by atoms with Crippen LogP contribution in [0.1, 0.15) is 24.8 Å². The van der Waals surface area contributed by atoms with Crippen molar-refractivity contribution < 1.29 is 9.63 Å². The Balaban J connectivity index is 1.26. The van der Waals surface area contributed by atoms with E-state index in [-0.39, 0.29) is 11.7 Å². The van der Waals surface area contributed by atoms with Crippen molar-refractivity contribution in [2.75, 3.05) is 23.7 Å². The Hall–Kier alpha value is -3.72. The van der Waals surface area contributed by atoms with Gasteiger partial charge in [0.25, 0.3) is 10.9 Å². The van der Waals surface area contributed by atoms with Crippen LogP contribution in [0.25, 0.3) is 0 Å². The number of nitrogens with one attached hydrogen (secondary N) is 4. The molecule has 3 aromatic rings. The fourth-order valence-corrected chi connectivity index (χ4v) is 2.90. The molecule has 0 atom stereocenters. The molecule has 31 heavy (non-hydrogen) atoms. The van der Waals surface area contributed by atoms with Crippen LogP contribution < -0.4 is 32.3 Å². The maximum Gasteiger partial charge on any atom is 0.338 e. The van der Waals surface area contributed by atoms with Gasteiger partial charge in [-0.15, -0.1) is 0 Å². The lowest BCUT2D eigenvalue weighted by molar-refractivity contribution is 0.0491. The summed E-state index contributed by atoms with van der Waals surface area (Å²) >= 11 is 0. The first kappa shape index (κ1) is 22.0. The van der Waals surface area contributed by atoms with Crippen molar-refractivity contribution in [1.82, 2.24) is 15.8 Å². The highest BCUT2D eigenvalue weighted by atomic mass is 16.7. The third-order valence-corrected chi connectivity index (χ3v) is 4.55. The Morgan fingerprint density at radius 3 is 2.35 bits per heavy atom. The van der Waals surface area contributed by atoms with Crippen LogP contribution in [0.2, 0.25) is 0 Å². The molecule has 0 fully saturated rings. The van der Waals surface area contributed by atoms with Gasteiger partial charge >= 0.3 is 6.03 Å². The van der Waals surface area contributed by atoms with E-state index < -0.39 is 10.9 Å². The fourth-order valence-electron chi connectivity index (χ4n) is 2.90. The van der Waals surface area contributed by atoms with Gasteiger partial charge in [0.05, 0.1) is 6.61 Å². The van der Waals surface area contributed by atoms with Crippen LogP contribution in [0.5, 0.6) is 0 Å². The zero-order valence-corrected chi connectivity index (χ0v) is 17.0.